The number of rotatable bonds is 52. The molecule has 0 aromatic rings. The first kappa shape index (κ1) is 57.2. The van der Waals surface area contributed by atoms with Crippen molar-refractivity contribution in [2.24, 2.45) is 0 Å². The summed E-state index contributed by atoms with van der Waals surface area (Å²) in [4.78, 5) is 12.0. The summed E-state index contributed by atoms with van der Waals surface area (Å²) in [6.07, 6.45) is 71.0. The lowest BCUT2D eigenvalue weighted by atomic mass is 10.0. The Morgan fingerprint density at radius 2 is 0.569 bits per heavy atom. The van der Waals surface area contributed by atoms with Gasteiger partial charge in [0.2, 0.25) is 0 Å². The van der Waals surface area contributed by atoms with Gasteiger partial charge in [0.05, 0.1) is 6.61 Å². The van der Waals surface area contributed by atoms with E-state index < -0.39 is 0 Å². The quantitative estimate of drug-likeness (QED) is 0.0378. The van der Waals surface area contributed by atoms with E-state index in [-0.39, 0.29) is 5.97 Å². The number of aliphatic hydroxyl groups is 1. The van der Waals surface area contributed by atoms with Crippen LogP contribution in [0.4, 0.5) is 0 Å². The molecule has 0 saturated carbocycles. The van der Waals surface area contributed by atoms with E-state index in [9.17, 15) is 4.79 Å². The van der Waals surface area contributed by atoms with Gasteiger partial charge in [-0.3, -0.25) is 4.79 Å². The van der Waals surface area contributed by atoms with Crippen molar-refractivity contribution in [2.75, 3.05) is 13.2 Å². The molecule has 0 bridgehead atoms. The molecule has 0 aliphatic rings. The molecule has 3 nitrogen and oxygen atoms in total. The second kappa shape index (κ2) is 54.2. The molecule has 0 rings (SSSR count). The van der Waals surface area contributed by atoms with Gasteiger partial charge < -0.3 is 9.84 Å². The topological polar surface area (TPSA) is 46.5 Å². The molecule has 346 valence electrons. The predicted molar refractivity (Wildman–Crippen MR) is 259 cm³/mol. The summed E-state index contributed by atoms with van der Waals surface area (Å²) in [5.74, 6) is 0.0197. The maximum absolute atomic E-state index is 12.0. The molecule has 0 aliphatic carbocycles. The molecule has 58 heavy (non-hydrogen) atoms. The van der Waals surface area contributed by atoms with Crippen LogP contribution in [-0.2, 0) is 9.53 Å². The molecule has 0 atom stereocenters. The fraction of sp³-hybridized carbons (Fsp3) is 0.945. The molecule has 0 unspecified atom stereocenters. The van der Waals surface area contributed by atoms with Crippen molar-refractivity contribution in [1.29, 1.82) is 0 Å². The lowest BCUT2D eigenvalue weighted by Gasteiger charge is -2.06. The molecule has 0 saturated heterocycles. The van der Waals surface area contributed by atoms with Crippen molar-refractivity contribution in [1.82, 2.24) is 0 Å². The molecule has 3 heteroatoms. The van der Waals surface area contributed by atoms with Gasteiger partial charge in [-0.2, -0.15) is 0 Å². The third-order valence-electron chi connectivity index (χ3n) is 12.7. The number of carbonyl (C=O) groups is 1. The van der Waals surface area contributed by atoms with Crippen molar-refractivity contribution < 1.29 is 14.6 Å². The first-order valence-electron chi connectivity index (χ1n) is 27.2. The van der Waals surface area contributed by atoms with Crippen LogP contribution in [0.25, 0.3) is 0 Å². The Balaban J connectivity index is 3.14. The van der Waals surface area contributed by atoms with Crippen molar-refractivity contribution in [3.63, 3.8) is 0 Å². The van der Waals surface area contributed by atoms with Crippen LogP contribution in [0.1, 0.15) is 322 Å². The summed E-state index contributed by atoms with van der Waals surface area (Å²) in [6.45, 7) is 3.28. The number of carbonyl (C=O) groups excluding carboxylic acids is 1. The van der Waals surface area contributed by atoms with Crippen LogP contribution in [-0.4, -0.2) is 24.3 Å². The van der Waals surface area contributed by atoms with E-state index in [2.05, 4.69) is 19.1 Å². The van der Waals surface area contributed by atoms with Crippen LogP contribution in [0.5, 0.6) is 0 Å². The zero-order valence-corrected chi connectivity index (χ0v) is 40.0. The molecule has 0 radical (unpaired) electrons. The average Bonchev–Trinajstić information content (AvgIpc) is 3.23. The van der Waals surface area contributed by atoms with Crippen molar-refractivity contribution in [3.8, 4) is 0 Å². The third-order valence-corrected chi connectivity index (χ3v) is 12.7. The van der Waals surface area contributed by atoms with Crippen molar-refractivity contribution >= 4 is 5.97 Å². The SMILES string of the molecule is CCCCCCCC/C=C\CCCCCCCC(=O)OCCCCCCCCCCCCCCCCCCCCCCCCCCCCCCCCCCCCCO. The average molecular weight is 817 g/mol. The van der Waals surface area contributed by atoms with Crippen molar-refractivity contribution in [2.45, 2.75) is 322 Å². The minimum Gasteiger partial charge on any atom is -0.466 e. The third kappa shape index (κ3) is 53.2. The van der Waals surface area contributed by atoms with Gasteiger partial charge in [-0.25, -0.2) is 0 Å². The maximum Gasteiger partial charge on any atom is 0.305 e. The number of aliphatic hydroxyl groups excluding tert-OH is 1. The highest BCUT2D eigenvalue weighted by Crippen LogP contribution is 2.18. The lowest BCUT2D eigenvalue weighted by molar-refractivity contribution is -0.143. The lowest BCUT2D eigenvalue weighted by Crippen LogP contribution is -2.05. The monoisotopic (exact) mass is 817 g/mol. The normalized spacial score (nSPS) is 11.7. The van der Waals surface area contributed by atoms with Crippen LogP contribution in [0, 0.1) is 0 Å². The van der Waals surface area contributed by atoms with Crippen LogP contribution in [0.15, 0.2) is 12.2 Å². The summed E-state index contributed by atoms with van der Waals surface area (Å²) in [5, 5.41) is 8.82. The number of esters is 1. The fourth-order valence-corrected chi connectivity index (χ4v) is 8.65. The van der Waals surface area contributed by atoms with Gasteiger partial charge in [-0.05, 0) is 44.9 Å². The molecule has 0 spiro atoms. The second-order valence-corrected chi connectivity index (χ2v) is 18.7. The fourth-order valence-electron chi connectivity index (χ4n) is 8.65. The Labute approximate surface area is 366 Å². The highest BCUT2D eigenvalue weighted by atomic mass is 16.5. The molecule has 0 aromatic carbocycles. The molecule has 1 N–H and O–H groups in total. The molecule has 0 fully saturated rings. The van der Waals surface area contributed by atoms with E-state index in [1.807, 2.05) is 0 Å². The van der Waals surface area contributed by atoms with Gasteiger partial charge in [0.1, 0.15) is 0 Å². The van der Waals surface area contributed by atoms with Crippen LogP contribution in [0.2, 0.25) is 0 Å². The van der Waals surface area contributed by atoms with Gasteiger partial charge in [0, 0.05) is 13.0 Å². The summed E-state index contributed by atoms with van der Waals surface area (Å²) >= 11 is 0. The molecule has 0 aliphatic heterocycles. The zero-order chi connectivity index (χ0) is 41.8. The molecular weight excluding hydrogens is 709 g/mol. The maximum atomic E-state index is 12.0. The summed E-state index contributed by atoms with van der Waals surface area (Å²) in [6, 6.07) is 0. The van der Waals surface area contributed by atoms with Crippen LogP contribution >= 0.6 is 0 Å². The number of hydrogen-bond acceptors (Lipinski definition) is 3. The molecule has 0 heterocycles. The Kier molecular flexibility index (Phi) is 53.4. The number of unbranched alkanes of at least 4 members (excludes halogenated alkanes) is 45. The first-order chi connectivity index (χ1) is 28.8. The van der Waals surface area contributed by atoms with Crippen LogP contribution < -0.4 is 0 Å². The minimum absolute atomic E-state index is 0.0197. The van der Waals surface area contributed by atoms with Gasteiger partial charge in [-0.15, -0.1) is 0 Å². The first-order valence-corrected chi connectivity index (χ1v) is 27.2. The number of hydrogen-bond donors (Lipinski definition) is 1. The zero-order valence-electron chi connectivity index (χ0n) is 40.0. The predicted octanol–water partition coefficient (Wildman–Crippen LogP) is 19.2. The van der Waals surface area contributed by atoms with Gasteiger partial charge in [-0.1, -0.05) is 282 Å². The van der Waals surface area contributed by atoms with E-state index in [4.69, 9.17) is 9.84 Å². The molecular formula is C55H108O3. The molecule has 0 aromatic heterocycles. The van der Waals surface area contributed by atoms with E-state index in [0.717, 1.165) is 25.7 Å². The Morgan fingerprint density at radius 3 is 0.862 bits per heavy atom. The van der Waals surface area contributed by atoms with Gasteiger partial charge >= 0.3 is 5.97 Å². The smallest absolute Gasteiger partial charge is 0.305 e. The van der Waals surface area contributed by atoms with Gasteiger partial charge in [0.25, 0.3) is 0 Å². The highest BCUT2D eigenvalue weighted by Gasteiger charge is 2.03. The Hall–Kier alpha value is -0.830. The van der Waals surface area contributed by atoms with E-state index in [1.54, 1.807) is 0 Å². The second-order valence-electron chi connectivity index (χ2n) is 18.7. The summed E-state index contributed by atoms with van der Waals surface area (Å²) < 4.78 is 5.48. The van der Waals surface area contributed by atoms with Crippen LogP contribution in [0.3, 0.4) is 0 Å². The highest BCUT2D eigenvalue weighted by molar-refractivity contribution is 5.69. The minimum atomic E-state index is 0.0197. The Bertz CT molecular complexity index is 762. The Morgan fingerprint density at radius 1 is 0.328 bits per heavy atom. The van der Waals surface area contributed by atoms with Gasteiger partial charge in [0.15, 0.2) is 0 Å². The summed E-state index contributed by atoms with van der Waals surface area (Å²) in [7, 11) is 0. The number of allylic oxidation sites excluding steroid dienone is 2. The summed E-state index contributed by atoms with van der Waals surface area (Å²) in [5.41, 5.74) is 0. The van der Waals surface area contributed by atoms with E-state index in [1.165, 1.54) is 283 Å². The standard InChI is InChI=1S/C55H108O3/c1-2-3-4-5-6-7-8-9-31-34-37-40-43-46-49-52-55(57)58-54-51-48-45-42-39-36-33-30-28-26-24-22-20-18-16-14-12-10-11-13-15-17-19-21-23-25-27-29-32-35-38-41-44-47-50-53-56/h9,31,56H,2-8,10-30,32-54H2,1H3/b31-9-. The molecule has 0 amide bonds. The largest absolute Gasteiger partial charge is 0.466 e. The number of ether oxygens (including phenoxy) is 1. The van der Waals surface area contributed by atoms with E-state index >= 15 is 0 Å². The van der Waals surface area contributed by atoms with Crippen molar-refractivity contribution in [3.05, 3.63) is 12.2 Å². The van der Waals surface area contributed by atoms with E-state index in [0.29, 0.717) is 19.6 Å².